The minimum absolute atomic E-state index is 0.359. The van der Waals surface area contributed by atoms with Gasteiger partial charge in [0.15, 0.2) is 0 Å². The van der Waals surface area contributed by atoms with E-state index in [-0.39, 0.29) is 6.04 Å². The lowest BCUT2D eigenvalue weighted by atomic mass is 10.1. The summed E-state index contributed by atoms with van der Waals surface area (Å²) in [4.78, 5) is 18.1. The first-order valence-corrected chi connectivity index (χ1v) is 15.7. The van der Waals surface area contributed by atoms with Gasteiger partial charge in [-0.2, -0.15) is 0 Å². The Morgan fingerprint density at radius 3 is 2.22 bits per heavy atom. The Balaban J connectivity index is 2.18. The molecule has 2 atom stereocenters. The molecule has 0 unspecified atom stereocenters. The zero-order valence-corrected chi connectivity index (χ0v) is 25.6. The predicted molar refractivity (Wildman–Crippen MR) is 151 cm³/mol. The van der Waals surface area contributed by atoms with Gasteiger partial charge in [-0.05, 0) is 53.9 Å². The van der Waals surface area contributed by atoms with Crippen molar-refractivity contribution in [3.8, 4) is 0 Å². The summed E-state index contributed by atoms with van der Waals surface area (Å²) < 4.78 is 16.6. The van der Waals surface area contributed by atoms with Crippen LogP contribution in [0.3, 0.4) is 0 Å². The molecule has 0 saturated carbocycles. The topological polar surface area (TPSA) is 68.0 Å². The lowest BCUT2D eigenvalue weighted by molar-refractivity contribution is 0.0734. The standard InChI is InChI=1S/C26H36Cl3N3O4Si/c1-17(2)37(18(3)4,19(5)6)36-23-15-21(22-11-10-14-34-22)32(25(33)35-16-26(27,28)29)31(20(23)7)24-12-8-9-13-30-24/h8-15,17-21H,16H2,1-7H3/t20-,21-/m0/s1. The third-order valence-corrected chi connectivity index (χ3v) is 13.2. The van der Waals surface area contributed by atoms with Crippen LogP contribution in [-0.4, -0.2) is 40.8 Å². The first-order valence-electron chi connectivity index (χ1n) is 12.5. The predicted octanol–water partition coefficient (Wildman–Crippen LogP) is 8.42. The van der Waals surface area contributed by atoms with Gasteiger partial charge in [0.2, 0.25) is 3.79 Å². The summed E-state index contributed by atoms with van der Waals surface area (Å²) in [5.41, 5.74) is 1.08. The number of anilines is 1. The molecule has 0 N–H and O–H groups in total. The number of halogens is 3. The largest absolute Gasteiger partial charge is 0.544 e. The SMILES string of the molecule is CC(C)[Si](OC1=C[C@@H](c2ccco2)N(C(=O)OCC(Cl)(Cl)Cl)N(c2ccccn2)[C@H]1C)(C(C)C)C(C)C. The average molecular weight is 589 g/mol. The van der Waals surface area contributed by atoms with Crippen molar-refractivity contribution in [3.63, 3.8) is 0 Å². The molecule has 0 bridgehead atoms. The van der Waals surface area contributed by atoms with Crippen molar-refractivity contribution in [2.45, 2.75) is 81.0 Å². The van der Waals surface area contributed by atoms with E-state index in [1.54, 1.807) is 29.6 Å². The van der Waals surface area contributed by atoms with Crippen LogP contribution >= 0.6 is 34.8 Å². The highest BCUT2D eigenvalue weighted by Gasteiger charge is 2.50. The Morgan fingerprint density at radius 1 is 1.08 bits per heavy atom. The van der Waals surface area contributed by atoms with E-state index in [9.17, 15) is 4.79 Å². The number of alkyl halides is 3. The number of furan rings is 1. The molecule has 7 nitrogen and oxygen atoms in total. The Morgan fingerprint density at radius 2 is 1.73 bits per heavy atom. The maximum absolute atomic E-state index is 13.6. The van der Waals surface area contributed by atoms with E-state index in [1.165, 1.54) is 5.01 Å². The van der Waals surface area contributed by atoms with Gasteiger partial charge in [-0.3, -0.25) is 5.01 Å². The number of pyridine rings is 1. The number of hydrogen-bond acceptors (Lipinski definition) is 6. The van der Waals surface area contributed by atoms with Crippen molar-refractivity contribution in [1.29, 1.82) is 0 Å². The zero-order chi connectivity index (χ0) is 27.5. The molecule has 0 spiro atoms. The fourth-order valence-electron chi connectivity index (χ4n) is 5.36. The van der Waals surface area contributed by atoms with E-state index in [4.69, 9.17) is 48.4 Å². The number of carbonyl (C=O) groups excluding carboxylic acids is 1. The van der Waals surface area contributed by atoms with E-state index in [1.807, 2.05) is 31.2 Å². The van der Waals surface area contributed by atoms with Crippen LogP contribution < -0.4 is 5.01 Å². The number of carbonyl (C=O) groups is 1. The second-order valence-corrected chi connectivity index (χ2v) is 18.1. The van der Waals surface area contributed by atoms with Crippen LogP contribution in [0.4, 0.5) is 10.6 Å². The van der Waals surface area contributed by atoms with Crippen LogP contribution in [0, 0.1) is 0 Å². The summed E-state index contributed by atoms with van der Waals surface area (Å²) in [6.45, 7) is 15.0. The molecule has 0 aromatic carbocycles. The quantitative estimate of drug-likeness (QED) is 0.228. The molecule has 37 heavy (non-hydrogen) atoms. The molecule has 0 fully saturated rings. The highest BCUT2D eigenvalue weighted by molar-refractivity contribution is 6.77. The highest BCUT2D eigenvalue weighted by atomic mass is 35.6. The lowest BCUT2D eigenvalue weighted by Crippen LogP contribution is -2.58. The summed E-state index contributed by atoms with van der Waals surface area (Å²) in [6, 6.07) is 8.01. The van der Waals surface area contributed by atoms with Gasteiger partial charge in [0.05, 0.1) is 6.26 Å². The van der Waals surface area contributed by atoms with Gasteiger partial charge in [-0.1, -0.05) is 82.4 Å². The second kappa shape index (κ2) is 11.9. The molecule has 1 aliphatic heterocycles. The minimum atomic E-state index is -2.32. The average Bonchev–Trinajstić information content (AvgIpc) is 3.35. The van der Waals surface area contributed by atoms with Gasteiger partial charge in [0, 0.05) is 6.20 Å². The normalized spacial score (nSPS) is 19.0. The van der Waals surface area contributed by atoms with Crippen LogP contribution in [0.25, 0.3) is 0 Å². The van der Waals surface area contributed by atoms with Crippen LogP contribution in [0.5, 0.6) is 0 Å². The number of hydrazine groups is 1. The maximum atomic E-state index is 13.6. The number of amides is 1. The van der Waals surface area contributed by atoms with Gasteiger partial charge in [0.1, 0.15) is 36.0 Å². The first kappa shape index (κ1) is 29.7. The Hall–Kier alpha value is -1.87. The second-order valence-electron chi connectivity index (χ2n) is 10.2. The number of nitrogens with zero attached hydrogens (tertiary/aromatic N) is 3. The molecule has 1 aliphatic rings. The van der Waals surface area contributed by atoms with Gasteiger partial charge in [0.25, 0.3) is 8.32 Å². The van der Waals surface area contributed by atoms with Gasteiger partial charge in [-0.15, -0.1) is 0 Å². The van der Waals surface area contributed by atoms with E-state index < -0.39 is 30.9 Å². The summed E-state index contributed by atoms with van der Waals surface area (Å²) in [5.74, 6) is 1.84. The van der Waals surface area contributed by atoms with Crippen molar-refractivity contribution in [2.24, 2.45) is 0 Å². The molecular formula is C26H36Cl3N3O4Si. The maximum Gasteiger partial charge on any atom is 0.430 e. The minimum Gasteiger partial charge on any atom is -0.544 e. The van der Waals surface area contributed by atoms with Crippen molar-refractivity contribution in [3.05, 3.63) is 60.4 Å². The van der Waals surface area contributed by atoms with E-state index in [0.717, 1.165) is 5.76 Å². The van der Waals surface area contributed by atoms with Gasteiger partial charge < -0.3 is 13.6 Å². The molecule has 0 aliphatic carbocycles. The number of rotatable bonds is 8. The third-order valence-electron chi connectivity index (χ3n) is 6.86. The third kappa shape index (κ3) is 6.41. The number of hydrogen-bond donors (Lipinski definition) is 0. The zero-order valence-electron chi connectivity index (χ0n) is 22.3. The molecule has 204 valence electrons. The fourth-order valence-corrected chi connectivity index (χ4v) is 10.9. The molecular weight excluding hydrogens is 553 g/mol. The number of aromatic nitrogens is 1. The summed E-state index contributed by atoms with van der Waals surface area (Å²) in [6.07, 6.45) is 4.46. The van der Waals surface area contributed by atoms with E-state index in [2.05, 4.69) is 46.5 Å². The van der Waals surface area contributed by atoms with Crippen LogP contribution in [0.15, 0.2) is 59.0 Å². The molecule has 1 amide bonds. The van der Waals surface area contributed by atoms with Crippen LogP contribution in [0.2, 0.25) is 16.6 Å². The number of ether oxygens (including phenoxy) is 1. The monoisotopic (exact) mass is 587 g/mol. The highest BCUT2D eigenvalue weighted by Crippen LogP contribution is 2.46. The molecule has 0 saturated heterocycles. The Bertz CT molecular complexity index is 1040. The fraction of sp³-hybridized carbons (Fsp3) is 0.538. The summed E-state index contributed by atoms with van der Waals surface area (Å²) in [7, 11) is -2.32. The van der Waals surface area contributed by atoms with E-state index in [0.29, 0.717) is 28.2 Å². The van der Waals surface area contributed by atoms with Crippen molar-refractivity contribution < 1.29 is 18.4 Å². The van der Waals surface area contributed by atoms with Crippen molar-refractivity contribution in [1.82, 2.24) is 9.99 Å². The van der Waals surface area contributed by atoms with Gasteiger partial charge in [-0.25, -0.2) is 14.8 Å². The van der Waals surface area contributed by atoms with Crippen LogP contribution in [0.1, 0.15) is 60.3 Å². The van der Waals surface area contributed by atoms with Crippen molar-refractivity contribution >= 4 is 55.0 Å². The first-order chi connectivity index (χ1) is 17.3. The summed E-state index contributed by atoms with van der Waals surface area (Å²) in [5, 5.41) is 3.21. The molecule has 11 heteroatoms. The lowest BCUT2D eigenvalue weighted by Gasteiger charge is -2.49. The molecule has 3 rings (SSSR count). The molecule has 0 radical (unpaired) electrons. The Kier molecular flexibility index (Phi) is 9.54. The van der Waals surface area contributed by atoms with Crippen LogP contribution in [-0.2, 0) is 9.16 Å². The van der Waals surface area contributed by atoms with E-state index >= 15 is 0 Å². The van der Waals surface area contributed by atoms with Crippen molar-refractivity contribution in [2.75, 3.05) is 11.6 Å². The molecule has 2 aromatic heterocycles. The summed E-state index contributed by atoms with van der Waals surface area (Å²) >= 11 is 17.6. The molecule has 3 heterocycles. The Labute approximate surface area is 235 Å². The van der Waals surface area contributed by atoms with Gasteiger partial charge >= 0.3 is 6.09 Å². The smallest absolute Gasteiger partial charge is 0.430 e. The molecule has 2 aromatic rings.